The topological polar surface area (TPSA) is 92.3 Å². The van der Waals surface area contributed by atoms with Gasteiger partial charge in [0, 0.05) is 25.3 Å². The van der Waals surface area contributed by atoms with Gasteiger partial charge in [-0.05, 0) is 82.7 Å². The molecule has 2 aliphatic heterocycles. The Kier molecular flexibility index (Phi) is 7.51. The van der Waals surface area contributed by atoms with Gasteiger partial charge in [0.1, 0.15) is 0 Å². The molecule has 2 saturated heterocycles. The summed E-state index contributed by atoms with van der Waals surface area (Å²) in [5.41, 5.74) is 2.56. The fourth-order valence-corrected chi connectivity index (χ4v) is 7.14. The van der Waals surface area contributed by atoms with Crippen molar-refractivity contribution in [2.24, 2.45) is 5.92 Å². The first-order chi connectivity index (χ1) is 15.3. The van der Waals surface area contributed by atoms with Crippen molar-refractivity contribution >= 4 is 26.5 Å². The van der Waals surface area contributed by atoms with Crippen molar-refractivity contribution < 1.29 is 13.2 Å². The molecule has 2 fully saturated rings. The zero-order valence-electron chi connectivity index (χ0n) is 19.1. The van der Waals surface area contributed by atoms with Gasteiger partial charge >= 0.3 is 0 Å². The summed E-state index contributed by atoms with van der Waals surface area (Å²) >= 11 is 1.59. The smallest absolute Gasteiger partial charge is 0.241 e. The zero-order chi connectivity index (χ0) is 22.7. The highest BCUT2D eigenvalue weighted by molar-refractivity contribution is 7.89. The lowest BCUT2D eigenvalue weighted by Crippen LogP contribution is -2.42. The number of thiazole rings is 1. The quantitative estimate of drug-likeness (QED) is 0.562. The predicted molar refractivity (Wildman–Crippen MR) is 130 cm³/mol. The fourth-order valence-electron chi connectivity index (χ4n) is 4.51. The molecule has 3 N–H and O–H groups in total. The van der Waals surface area contributed by atoms with Crippen LogP contribution in [0.2, 0.25) is 0 Å². The summed E-state index contributed by atoms with van der Waals surface area (Å²) in [5, 5.41) is 7.72. The fraction of sp³-hybridized carbons (Fsp3) is 0.609. The van der Waals surface area contributed by atoms with Crippen molar-refractivity contribution in [3.63, 3.8) is 0 Å². The molecule has 0 aliphatic carbocycles. The van der Waals surface area contributed by atoms with Crippen molar-refractivity contribution in [1.82, 2.24) is 15.0 Å². The van der Waals surface area contributed by atoms with E-state index in [1.807, 2.05) is 26.0 Å². The molecule has 3 heterocycles. The third-order valence-corrected chi connectivity index (χ3v) is 9.32. The SMILES string of the molecule is Cc1ccc(-c2sc(NC(C)C3CCOCC3)nc2C)cc1S(=O)(=O)NC1CCNCC1. The number of sulfonamides is 1. The third kappa shape index (κ3) is 5.51. The number of hydrogen-bond donors (Lipinski definition) is 3. The summed E-state index contributed by atoms with van der Waals surface area (Å²) in [6.07, 6.45) is 3.75. The van der Waals surface area contributed by atoms with E-state index < -0.39 is 10.0 Å². The summed E-state index contributed by atoms with van der Waals surface area (Å²) in [6, 6.07) is 5.98. The molecule has 0 bridgehead atoms. The van der Waals surface area contributed by atoms with E-state index in [9.17, 15) is 8.42 Å². The summed E-state index contributed by atoms with van der Waals surface area (Å²) in [4.78, 5) is 6.09. The van der Waals surface area contributed by atoms with E-state index in [4.69, 9.17) is 9.72 Å². The lowest BCUT2D eigenvalue weighted by molar-refractivity contribution is 0.0622. The van der Waals surface area contributed by atoms with Crippen LogP contribution in [0.3, 0.4) is 0 Å². The number of rotatable bonds is 7. The number of aryl methyl sites for hydroxylation is 2. The van der Waals surface area contributed by atoms with Gasteiger partial charge in [0.25, 0.3) is 0 Å². The molecule has 7 nitrogen and oxygen atoms in total. The minimum Gasteiger partial charge on any atom is -0.381 e. The van der Waals surface area contributed by atoms with Gasteiger partial charge in [0.2, 0.25) is 10.0 Å². The summed E-state index contributed by atoms with van der Waals surface area (Å²) < 4.78 is 34.7. The number of nitrogens with zero attached hydrogens (tertiary/aromatic N) is 1. The number of anilines is 1. The molecule has 2 aliphatic rings. The second kappa shape index (κ2) is 10.2. The average Bonchev–Trinajstić information content (AvgIpc) is 3.14. The van der Waals surface area contributed by atoms with Crippen LogP contribution in [0.5, 0.6) is 0 Å². The molecule has 1 atom stereocenters. The molecular weight excluding hydrogens is 444 g/mol. The van der Waals surface area contributed by atoms with Gasteiger partial charge in [-0.2, -0.15) is 0 Å². The standard InChI is InChI=1S/C23H34N4O3S2/c1-15-4-5-19(14-21(15)32(28,29)27-20-6-10-24-11-7-20)22-17(3)26-23(31-22)25-16(2)18-8-12-30-13-9-18/h4-5,14,16,18,20,24,27H,6-13H2,1-3H3,(H,25,26). The Morgan fingerprint density at radius 3 is 2.59 bits per heavy atom. The van der Waals surface area contributed by atoms with E-state index in [0.717, 1.165) is 78.8 Å². The highest BCUT2D eigenvalue weighted by atomic mass is 32.2. The molecular formula is C23H34N4O3S2. The lowest BCUT2D eigenvalue weighted by atomic mass is 9.93. The van der Waals surface area contributed by atoms with Gasteiger partial charge in [-0.25, -0.2) is 18.1 Å². The van der Waals surface area contributed by atoms with Gasteiger partial charge < -0.3 is 15.4 Å². The van der Waals surface area contributed by atoms with E-state index in [0.29, 0.717) is 16.9 Å². The third-order valence-electron chi connectivity index (χ3n) is 6.52. The lowest BCUT2D eigenvalue weighted by Gasteiger charge is -2.28. The van der Waals surface area contributed by atoms with Crippen molar-refractivity contribution in [3.05, 3.63) is 29.5 Å². The van der Waals surface area contributed by atoms with Crippen LogP contribution in [0.4, 0.5) is 5.13 Å². The van der Waals surface area contributed by atoms with Crippen LogP contribution in [-0.2, 0) is 14.8 Å². The van der Waals surface area contributed by atoms with E-state index >= 15 is 0 Å². The van der Waals surface area contributed by atoms with Crippen molar-refractivity contribution in [2.75, 3.05) is 31.6 Å². The molecule has 32 heavy (non-hydrogen) atoms. The van der Waals surface area contributed by atoms with Crippen LogP contribution >= 0.6 is 11.3 Å². The summed E-state index contributed by atoms with van der Waals surface area (Å²) in [6.45, 7) is 9.37. The van der Waals surface area contributed by atoms with E-state index in [1.54, 1.807) is 17.4 Å². The Balaban J connectivity index is 1.54. The molecule has 4 rings (SSSR count). The Morgan fingerprint density at radius 2 is 1.88 bits per heavy atom. The molecule has 0 spiro atoms. The van der Waals surface area contributed by atoms with Gasteiger partial charge in [-0.1, -0.05) is 23.5 Å². The Labute approximate surface area is 195 Å². The van der Waals surface area contributed by atoms with Crippen LogP contribution in [-0.4, -0.2) is 51.8 Å². The second-order valence-corrected chi connectivity index (χ2v) is 11.6. The number of ether oxygens (including phenoxy) is 1. The highest BCUT2D eigenvalue weighted by Crippen LogP contribution is 2.35. The van der Waals surface area contributed by atoms with Crippen LogP contribution in [0.1, 0.15) is 43.9 Å². The molecule has 0 radical (unpaired) electrons. The van der Waals surface area contributed by atoms with Crippen molar-refractivity contribution in [2.45, 2.75) is 63.4 Å². The Hall–Kier alpha value is -1.52. The second-order valence-electron chi connectivity index (χ2n) is 8.94. The normalized spacial score (nSPS) is 19.7. The molecule has 176 valence electrons. The maximum atomic E-state index is 13.1. The first-order valence-electron chi connectivity index (χ1n) is 11.5. The first-order valence-corrected chi connectivity index (χ1v) is 13.8. The number of hydrogen-bond acceptors (Lipinski definition) is 7. The van der Waals surface area contributed by atoms with Crippen LogP contribution in [0.25, 0.3) is 10.4 Å². The first kappa shape index (κ1) is 23.6. The van der Waals surface area contributed by atoms with E-state index in [1.165, 1.54) is 0 Å². The van der Waals surface area contributed by atoms with Crippen molar-refractivity contribution in [1.29, 1.82) is 0 Å². The number of benzene rings is 1. The largest absolute Gasteiger partial charge is 0.381 e. The monoisotopic (exact) mass is 478 g/mol. The number of aromatic nitrogens is 1. The van der Waals surface area contributed by atoms with Gasteiger partial charge in [-0.3, -0.25) is 0 Å². The molecule has 0 saturated carbocycles. The predicted octanol–water partition coefficient (Wildman–Crippen LogP) is 3.68. The van der Waals surface area contributed by atoms with Crippen LogP contribution in [0, 0.1) is 19.8 Å². The Bertz CT molecular complexity index is 1030. The van der Waals surface area contributed by atoms with Gasteiger partial charge in [0.15, 0.2) is 5.13 Å². The Morgan fingerprint density at radius 1 is 1.16 bits per heavy atom. The maximum Gasteiger partial charge on any atom is 0.241 e. The van der Waals surface area contributed by atoms with E-state index in [-0.39, 0.29) is 6.04 Å². The number of piperidine rings is 1. The van der Waals surface area contributed by atoms with Gasteiger partial charge in [-0.15, -0.1) is 0 Å². The molecule has 1 aromatic carbocycles. The minimum atomic E-state index is -3.58. The number of nitrogens with one attached hydrogen (secondary N) is 3. The molecule has 1 aromatic heterocycles. The molecule has 9 heteroatoms. The molecule has 0 amide bonds. The van der Waals surface area contributed by atoms with Gasteiger partial charge in [0.05, 0.1) is 15.5 Å². The van der Waals surface area contributed by atoms with Crippen molar-refractivity contribution in [3.8, 4) is 10.4 Å². The van der Waals surface area contributed by atoms with Crippen LogP contribution < -0.4 is 15.4 Å². The highest BCUT2D eigenvalue weighted by Gasteiger charge is 2.25. The van der Waals surface area contributed by atoms with E-state index in [2.05, 4.69) is 22.3 Å². The summed E-state index contributed by atoms with van der Waals surface area (Å²) in [5.74, 6) is 0.577. The molecule has 1 unspecified atom stereocenters. The maximum absolute atomic E-state index is 13.1. The molecule has 2 aromatic rings. The summed E-state index contributed by atoms with van der Waals surface area (Å²) in [7, 11) is -3.58. The minimum absolute atomic E-state index is 0.0167. The average molecular weight is 479 g/mol. The zero-order valence-corrected chi connectivity index (χ0v) is 20.7. The van der Waals surface area contributed by atoms with Crippen LogP contribution in [0.15, 0.2) is 23.1 Å².